The van der Waals surface area contributed by atoms with E-state index in [2.05, 4.69) is 22.2 Å². The van der Waals surface area contributed by atoms with Gasteiger partial charge in [-0.1, -0.05) is 63.4 Å². The number of carbonyl (C=O) groups is 2. The number of ether oxygens (including phenoxy) is 1. The van der Waals surface area contributed by atoms with Gasteiger partial charge in [0.05, 0.1) is 17.9 Å². The lowest BCUT2D eigenvalue weighted by Gasteiger charge is -2.23. The maximum Gasteiger partial charge on any atom is 0.420 e. The van der Waals surface area contributed by atoms with Crippen LogP contribution in [0.5, 0.6) is 0 Å². The molecule has 2 aromatic heterocycles. The first-order valence-electron chi connectivity index (χ1n) is 14.6. The molecule has 1 amide bonds. The van der Waals surface area contributed by atoms with Crippen molar-refractivity contribution in [3.8, 4) is 11.3 Å². The van der Waals surface area contributed by atoms with Crippen molar-refractivity contribution in [2.75, 3.05) is 18.6 Å². The second-order valence-electron chi connectivity index (χ2n) is 10.5. The highest BCUT2D eigenvalue weighted by molar-refractivity contribution is 7.14. The molecule has 0 radical (unpaired) electrons. The minimum atomic E-state index is -4.70. The number of likely N-dealkylation sites (N-methyl/N-ethyl adjacent to an activating group) is 1. The summed E-state index contributed by atoms with van der Waals surface area (Å²) in [6, 6.07) is 5.82. The molecule has 0 saturated carbocycles. The number of unbranched alkanes of at least 4 members (excludes halogenated alkanes) is 5. The van der Waals surface area contributed by atoms with Crippen LogP contribution in [0.3, 0.4) is 0 Å². The van der Waals surface area contributed by atoms with E-state index in [0.717, 1.165) is 43.1 Å². The standard InChI is InChI=1S/C31H38F4N4O4S/c1-4-5-6-7-8-9-11-21-13-14-23(18-24(21)31(33,34)35)39(30(42)43-17-15-20(2)25(36-3)28(40)41)29-38-26(27(32)44-29)22-12-10-16-37-19-22/h10,12-14,16,18-20,25,36H,4-9,11,15,17H2,1-3H3,(H,40,41). The molecule has 2 unspecified atom stereocenters. The van der Waals surface area contributed by atoms with E-state index < -0.39 is 40.9 Å². The lowest BCUT2D eigenvalue weighted by atomic mass is 9.99. The fourth-order valence-corrected chi connectivity index (χ4v) is 5.69. The monoisotopic (exact) mass is 638 g/mol. The van der Waals surface area contributed by atoms with Crippen LogP contribution in [0, 0.1) is 11.0 Å². The maximum atomic E-state index is 15.1. The van der Waals surface area contributed by atoms with Gasteiger partial charge in [-0.15, -0.1) is 0 Å². The molecule has 13 heteroatoms. The summed E-state index contributed by atoms with van der Waals surface area (Å²) >= 11 is 0.484. The molecule has 0 aliphatic carbocycles. The average molecular weight is 639 g/mol. The van der Waals surface area contributed by atoms with Gasteiger partial charge in [-0.3, -0.25) is 9.78 Å². The number of carboxylic acids is 1. The number of nitrogens with zero attached hydrogens (tertiary/aromatic N) is 3. The minimum Gasteiger partial charge on any atom is -0.480 e. The topological polar surface area (TPSA) is 105 Å². The van der Waals surface area contributed by atoms with Gasteiger partial charge in [-0.2, -0.15) is 17.6 Å². The molecule has 3 rings (SSSR count). The highest BCUT2D eigenvalue weighted by Gasteiger charge is 2.35. The van der Waals surface area contributed by atoms with Gasteiger partial charge in [0.2, 0.25) is 10.3 Å². The summed E-state index contributed by atoms with van der Waals surface area (Å²) in [7, 11) is 1.49. The maximum absolute atomic E-state index is 15.1. The van der Waals surface area contributed by atoms with Gasteiger partial charge in [-0.25, -0.2) is 14.7 Å². The van der Waals surface area contributed by atoms with E-state index in [4.69, 9.17) is 4.74 Å². The molecule has 44 heavy (non-hydrogen) atoms. The Morgan fingerprint density at radius 3 is 2.50 bits per heavy atom. The van der Waals surface area contributed by atoms with Crippen LogP contribution >= 0.6 is 11.3 Å². The zero-order valence-corrected chi connectivity index (χ0v) is 25.8. The zero-order valence-electron chi connectivity index (χ0n) is 25.0. The molecule has 0 fully saturated rings. The fourth-order valence-electron chi connectivity index (χ4n) is 4.86. The van der Waals surface area contributed by atoms with Gasteiger partial charge in [0.1, 0.15) is 11.7 Å². The summed E-state index contributed by atoms with van der Waals surface area (Å²) in [5, 5.41) is 11.1. The molecular formula is C31H38F4N4O4S. The number of nitrogens with one attached hydrogen (secondary N) is 1. The number of aromatic nitrogens is 2. The first-order valence-corrected chi connectivity index (χ1v) is 15.4. The highest BCUT2D eigenvalue weighted by atomic mass is 32.1. The van der Waals surface area contributed by atoms with Gasteiger partial charge in [0, 0.05) is 18.0 Å². The minimum absolute atomic E-state index is 0.104. The first-order chi connectivity index (χ1) is 21.0. The van der Waals surface area contributed by atoms with E-state index in [1.165, 1.54) is 31.6 Å². The van der Waals surface area contributed by atoms with Crippen molar-refractivity contribution in [1.82, 2.24) is 15.3 Å². The summed E-state index contributed by atoms with van der Waals surface area (Å²) in [6.07, 6.45) is 3.01. The van der Waals surface area contributed by atoms with Crippen LogP contribution in [0.1, 0.15) is 69.9 Å². The van der Waals surface area contributed by atoms with E-state index >= 15 is 4.39 Å². The predicted molar refractivity (Wildman–Crippen MR) is 162 cm³/mol. The summed E-state index contributed by atoms with van der Waals surface area (Å²) in [5.74, 6) is -1.51. The van der Waals surface area contributed by atoms with Crippen LogP contribution < -0.4 is 10.2 Å². The number of aliphatic carboxylic acids is 1. The number of halogens is 4. The average Bonchev–Trinajstić information content (AvgIpc) is 3.36. The van der Waals surface area contributed by atoms with E-state index in [1.54, 1.807) is 19.1 Å². The summed E-state index contributed by atoms with van der Waals surface area (Å²) < 4.78 is 63.3. The number of carboxylic acid groups (broad SMARTS) is 1. The number of anilines is 2. The summed E-state index contributed by atoms with van der Waals surface area (Å²) in [4.78, 5) is 33.9. The SMILES string of the molecule is CCCCCCCCc1ccc(N(C(=O)OCCC(C)C(NC)C(=O)O)c2nc(-c3cccnc3)c(F)s2)cc1C(F)(F)F. The number of aryl methyl sites for hydroxylation is 1. The molecule has 8 nitrogen and oxygen atoms in total. The van der Waals surface area contributed by atoms with Crippen molar-refractivity contribution >= 4 is 34.2 Å². The van der Waals surface area contributed by atoms with Gasteiger partial charge >= 0.3 is 18.2 Å². The quantitative estimate of drug-likeness (QED) is 0.120. The molecular weight excluding hydrogens is 600 g/mol. The second kappa shape index (κ2) is 16.5. The molecule has 0 aliphatic rings. The number of alkyl halides is 3. The van der Waals surface area contributed by atoms with Crippen molar-refractivity contribution in [2.24, 2.45) is 5.92 Å². The fraction of sp³-hybridized carbons (Fsp3) is 0.484. The molecule has 0 spiro atoms. The lowest BCUT2D eigenvalue weighted by molar-refractivity contribution is -0.141. The Balaban J connectivity index is 1.93. The Morgan fingerprint density at radius 1 is 1.14 bits per heavy atom. The largest absolute Gasteiger partial charge is 0.480 e. The van der Waals surface area contributed by atoms with Crippen molar-refractivity contribution in [3.63, 3.8) is 0 Å². The summed E-state index contributed by atoms with van der Waals surface area (Å²) in [5.41, 5.74) is -0.762. The van der Waals surface area contributed by atoms with Crippen LogP contribution in [-0.2, 0) is 22.1 Å². The predicted octanol–water partition coefficient (Wildman–Crippen LogP) is 8.24. The smallest absolute Gasteiger partial charge is 0.420 e. The van der Waals surface area contributed by atoms with Crippen molar-refractivity contribution < 1.29 is 37.0 Å². The number of benzene rings is 1. The zero-order chi connectivity index (χ0) is 32.3. The normalized spacial score (nSPS) is 13.0. The molecule has 2 N–H and O–H groups in total. The van der Waals surface area contributed by atoms with Gasteiger partial charge in [0.25, 0.3) is 0 Å². The first kappa shape index (κ1) is 34.9. The van der Waals surface area contributed by atoms with E-state index in [9.17, 15) is 27.9 Å². The van der Waals surface area contributed by atoms with Gasteiger partial charge in [0.15, 0.2) is 0 Å². The molecule has 0 bridgehead atoms. The number of carbonyl (C=O) groups excluding carboxylic acids is 1. The number of thiazole rings is 1. The molecule has 0 saturated heterocycles. The Kier molecular flexibility index (Phi) is 13.1. The lowest BCUT2D eigenvalue weighted by Crippen LogP contribution is -2.40. The number of hydrogen-bond donors (Lipinski definition) is 2. The van der Waals surface area contributed by atoms with Crippen molar-refractivity contribution in [2.45, 2.75) is 77.4 Å². The highest BCUT2D eigenvalue weighted by Crippen LogP contribution is 2.40. The van der Waals surface area contributed by atoms with Gasteiger partial charge < -0.3 is 15.2 Å². The van der Waals surface area contributed by atoms with Crippen molar-refractivity contribution in [1.29, 1.82) is 0 Å². The second-order valence-corrected chi connectivity index (χ2v) is 11.5. The molecule has 3 aromatic rings. The molecule has 2 heterocycles. The Bertz CT molecular complexity index is 1370. The van der Waals surface area contributed by atoms with Gasteiger partial charge in [-0.05, 0) is 62.1 Å². The third kappa shape index (κ3) is 9.46. The third-order valence-corrected chi connectivity index (χ3v) is 8.11. The Labute approximate surface area is 258 Å². The number of rotatable bonds is 16. The summed E-state index contributed by atoms with van der Waals surface area (Å²) in [6.45, 7) is 3.53. The number of hydrogen-bond acceptors (Lipinski definition) is 7. The third-order valence-electron chi connectivity index (χ3n) is 7.28. The molecule has 0 aliphatic heterocycles. The molecule has 240 valence electrons. The van der Waals surface area contributed by atoms with E-state index in [1.807, 2.05) is 0 Å². The van der Waals surface area contributed by atoms with Crippen molar-refractivity contribution in [3.05, 3.63) is 59.0 Å². The number of amides is 1. The molecule has 1 aromatic carbocycles. The molecule has 2 atom stereocenters. The van der Waals surface area contributed by atoms with E-state index in [-0.39, 0.29) is 41.5 Å². The van der Waals surface area contributed by atoms with Crippen LogP contribution in [0.4, 0.5) is 33.2 Å². The van der Waals surface area contributed by atoms with Crippen LogP contribution in [0.25, 0.3) is 11.3 Å². The Morgan fingerprint density at radius 2 is 1.86 bits per heavy atom. The number of pyridine rings is 1. The van der Waals surface area contributed by atoms with Crippen LogP contribution in [0.2, 0.25) is 0 Å². The van der Waals surface area contributed by atoms with E-state index in [0.29, 0.717) is 23.3 Å². The van der Waals surface area contributed by atoms with Crippen LogP contribution in [-0.4, -0.2) is 46.8 Å². The Hall–Kier alpha value is -3.58. The van der Waals surface area contributed by atoms with Crippen LogP contribution in [0.15, 0.2) is 42.7 Å².